The first kappa shape index (κ1) is 16.7. The van der Waals surface area contributed by atoms with Crippen molar-refractivity contribution < 1.29 is 14.3 Å². The number of ether oxygens (including phenoxy) is 2. The van der Waals surface area contributed by atoms with Crippen LogP contribution in [-0.4, -0.2) is 37.3 Å². The number of carbonyl (C=O) groups is 1. The van der Waals surface area contributed by atoms with Gasteiger partial charge in [-0.3, -0.25) is 0 Å². The lowest BCUT2D eigenvalue weighted by Gasteiger charge is -2.16. The van der Waals surface area contributed by atoms with E-state index in [2.05, 4.69) is 6.92 Å². The van der Waals surface area contributed by atoms with Gasteiger partial charge in [0, 0.05) is 35.8 Å². The molecule has 0 aromatic heterocycles. The highest BCUT2D eigenvalue weighted by Gasteiger charge is 2.27. The van der Waals surface area contributed by atoms with Gasteiger partial charge in [-0.15, -0.1) is 0 Å². The molecule has 2 rings (SSSR count). The minimum Gasteiger partial charge on any atom is -0.493 e. The molecule has 0 radical (unpaired) electrons. The molecule has 0 aliphatic carbocycles. The maximum absolute atomic E-state index is 11.9. The lowest BCUT2D eigenvalue weighted by molar-refractivity contribution is 0.107. The highest BCUT2D eigenvalue weighted by atomic mass is 35.5. The molecule has 0 bridgehead atoms. The molecular weight excluding hydrogens is 304 g/mol. The molecule has 6 heteroatoms. The smallest absolute Gasteiger partial charge is 0.409 e. The Labute approximate surface area is 136 Å². The first-order valence-corrected chi connectivity index (χ1v) is 8.07. The van der Waals surface area contributed by atoms with Crippen LogP contribution in [0, 0.1) is 5.92 Å². The Bertz CT molecular complexity index is 490. The van der Waals surface area contributed by atoms with Gasteiger partial charge in [-0.05, 0) is 25.0 Å². The van der Waals surface area contributed by atoms with Crippen LogP contribution in [-0.2, 0) is 4.74 Å². The molecule has 1 aromatic rings. The number of rotatable bonds is 6. The van der Waals surface area contributed by atoms with E-state index in [1.807, 2.05) is 0 Å². The summed E-state index contributed by atoms with van der Waals surface area (Å²) < 4.78 is 11.0. The molecule has 122 valence electrons. The molecule has 1 atom stereocenters. The second-order valence-electron chi connectivity index (χ2n) is 5.60. The minimum atomic E-state index is -0.219. The summed E-state index contributed by atoms with van der Waals surface area (Å²) in [6.07, 6.45) is 2.62. The number of nitrogens with two attached hydrogens (primary N) is 1. The van der Waals surface area contributed by atoms with Crippen molar-refractivity contribution in [2.75, 3.05) is 32.0 Å². The third-order valence-corrected chi connectivity index (χ3v) is 3.87. The van der Waals surface area contributed by atoms with Gasteiger partial charge in [0.1, 0.15) is 5.75 Å². The first-order valence-electron chi connectivity index (χ1n) is 7.69. The summed E-state index contributed by atoms with van der Waals surface area (Å²) >= 11 is 5.94. The Kier molecular flexibility index (Phi) is 6.19. The van der Waals surface area contributed by atoms with E-state index in [1.165, 1.54) is 0 Å². The van der Waals surface area contributed by atoms with Crippen LogP contribution < -0.4 is 10.5 Å². The number of halogens is 1. The number of likely N-dealkylation sites (tertiary alicyclic amines) is 1. The minimum absolute atomic E-state index is 0.219. The number of nitrogen functional groups attached to an aromatic ring is 1. The van der Waals surface area contributed by atoms with E-state index in [-0.39, 0.29) is 6.09 Å². The zero-order chi connectivity index (χ0) is 15.9. The second-order valence-corrected chi connectivity index (χ2v) is 6.04. The molecule has 0 saturated carbocycles. The molecule has 1 heterocycles. The Morgan fingerprint density at radius 1 is 1.45 bits per heavy atom. The van der Waals surface area contributed by atoms with E-state index < -0.39 is 0 Å². The summed E-state index contributed by atoms with van der Waals surface area (Å²) in [5.41, 5.74) is 6.31. The summed E-state index contributed by atoms with van der Waals surface area (Å²) in [6.45, 7) is 4.49. The fourth-order valence-electron chi connectivity index (χ4n) is 2.41. The summed E-state index contributed by atoms with van der Waals surface area (Å²) in [5.74, 6) is 0.966. The van der Waals surface area contributed by atoms with Gasteiger partial charge in [0.25, 0.3) is 0 Å². The van der Waals surface area contributed by atoms with Crippen molar-refractivity contribution in [1.29, 1.82) is 0 Å². The van der Waals surface area contributed by atoms with Gasteiger partial charge >= 0.3 is 6.09 Å². The molecule has 0 spiro atoms. The number of nitrogens with zero attached hydrogens (tertiary/aromatic N) is 1. The Hall–Kier alpha value is -1.62. The van der Waals surface area contributed by atoms with Crippen molar-refractivity contribution in [3.05, 3.63) is 23.2 Å². The quantitative estimate of drug-likeness (QED) is 0.641. The fourth-order valence-corrected chi connectivity index (χ4v) is 2.64. The third-order valence-electron chi connectivity index (χ3n) is 3.65. The SMILES string of the molecule is CCCCOC(=O)N1CCC(COc2cc(N)cc(Cl)c2)C1. The molecule has 22 heavy (non-hydrogen) atoms. The summed E-state index contributed by atoms with van der Waals surface area (Å²) in [4.78, 5) is 13.6. The maximum atomic E-state index is 11.9. The monoisotopic (exact) mass is 326 g/mol. The van der Waals surface area contributed by atoms with Gasteiger partial charge in [0.2, 0.25) is 0 Å². The van der Waals surface area contributed by atoms with E-state index in [1.54, 1.807) is 23.1 Å². The average molecular weight is 327 g/mol. The lowest BCUT2D eigenvalue weighted by atomic mass is 10.1. The number of benzene rings is 1. The molecule has 1 aliphatic heterocycles. The molecule has 1 amide bonds. The molecule has 1 aliphatic rings. The van der Waals surface area contributed by atoms with Crippen LogP contribution in [0.5, 0.6) is 5.75 Å². The van der Waals surface area contributed by atoms with Gasteiger partial charge in [-0.25, -0.2) is 4.79 Å². The van der Waals surface area contributed by atoms with Crippen molar-refractivity contribution in [3.63, 3.8) is 0 Å². The fraction of sp³-hybridized carbons (Fsp3) is 0.562. The van der Waals surface area contributed by atoms with Gasteiger partial charge in [-0.2, -0.15) is 0 Å². The van der Waals surface area contributed by atoms with Gasteiger partial charge < -0.3 is 20.1 Å². The van der Waals surface area contributed by atoms with Crippen LogP contribution in [0.25, 0.3) is 0 Å². The third kappa shape index (κ3) is 4.98. The normalized spacial score (nSPS) is 17.5. The van der Waals surface area contributed by atoms with Crippen molar-refractivity contribution in [3.8, 4) is 5.75 Å². The standard InChI is InChI=1S/C16H23ClN2O3/c1-2-3-6-21-16(20)19-5-4-12(10-19)11-22-15-8-13(17)7-14(18)9-15/h7-9,12H,2-6,10-11,18H2,1H3. The first-order chi connectivity index (χ1) is 10.6. The van der Waals surface area contributed by atoms with Gasteiger partial charge in [-0.1, -0.05) is 24.9 Å². The van der Waals surface area contributed by atoms with Crippen molar-refractivity contribution in [1.82, 2.24) is 4.90 Å². The van der Waals surface area contributed by atoms with Crippen molar-refractivity contribution >= 4 is 23.4 Å². The molecule has 1 unspecified atom stereocenters. The highest BCUT2D eigenvalue weighted by Crippen LogP contribution is 2.24. The predicted molar refractivity (Wildman–Crippen MR) is 87.3 cm³/mol. The van der Waals surface area contributed by atoms with Crippen LogP contribution in [0.1, 0.15) is 26.2 Å². The van der Waals surface area contributed by atoms with Crippen LogP contribution >= 0.6 is 11.6 Å². The Morgan fingerprint density at radius 3 is 3.00 bits per heavy atom. The molecule has 5 nitrogen and oxygen atoms in total. The van der Waals surface area contributed by atoms with E-state index in [4.69, 9.17) is 26.8 Å². The predicted octanol–water partition coefficient (Wildman–Crippen LogP) is 3.56. The number of hydrogen-bond acceptors (Lipinski definition) is 4. The number of amides is 1. The average Bonchev–Trinajstić information content (AvgIpc) is 2.93. The van der Waals surface area contributed by atoms with Crippen LogP contribution in [0.15, 0.2) is 18.2 Å². The van der Waals surface area contributed by atoms with Crippen LogP contribution in [0.2, 0.25) is 5.02 Å². The second kappa shape index (κ2) is 8.13. The van der Waals surface area contributed by atoms with Crippen LogP contribution in [0.4, 0.5) is 10.5 Å². The van der Waals surface area contributed by atoms with Crippen LogP contribution in [0.3, 0.4) is 0 Å². The van der Waals surface area contributed by atoms with E-state index >= 15 is 0 Å². The van der Waals surface area contributed by atoms with Crippen molar-refractivity contribution in [2.45, 2.75) is 26.2 Å². The van der Waals surface area contributed by atoms with Gasteiger partial charge in [0.05, 0.1) is 13.2 Å². The Balaban J connectivity index is 1.75. The largest absolute Gasteiger partial charge is 0.493 e. The van der Waals surface area contributed by atoms with Crippen molar-refractivity contribution in [2.24, 2.45) is 5.92 Å². The van der Waals surface area contributed by atoms with Gasteiger partial charge in [0.15, 0.2) is 0 Å². The topological polar surface area (TPSA) is 64.8 Å². The molecule has 1 saturated heterocycles. The number of carbonyl (C=O) groups excluding carboxylic acids is 1. The summed E-state index contributed by atoms with van der Waals surface area (Å²) in [5, 5.41) is 0.558. The number of unbranched alkanes of at least 4 members (excludes halogenated alkanes) is 1. The molecular formula is C16H23ClN2O3. The molecule has 2 N–H and O–H groups in total. The molecule has 1 aromatic carbocycles. The number of anilines is 1. The van der Waals surface area contributed by atoms with E-state index in [0.29, 0.717) is 42.1 Å². The highest BCUT2D eigenvalue weighted by molar-refractivity contribution is 6.31. The zero-order valence-electron chi connectivity index (χ0n) is 12.9. The summed E-state index contributed by atoms with van der Waals surface area (Å²) in [7, 11) is 0. The number of hydrogen-bond donors (Lipinski definition) is 1. The maximum Gasteiger partial charge on any atom is 0.409 e. The molecule has 1 fully saturated rings. The van der Waals surface area contributed by atoms with E-state index in [9.17, 15) is 4.79 Å². The van der Waals surface area contributed by atoms with E-state index in [0.717, 1.165) is 25.8 Å². The zero-order valence-corrected chi connectivity index (χ0v) is 13.6. The Morgan fingerprint density at radius 2 is 2.27 bits per heavy atom. The lowest BCUT2D eigenvalue weighted by Crippen LogP contribution is -2.30. The summed E-state index contributed by atoms with van der Waals surface area (Å²) in [6, 6.07) is 5.17.